The predicted octanol–water partition coefficient (Wildman–Crippen LogP) is 4.63. The van der Waals surface area contributed by atoms with Crippen LogP contribution in [0.4, 0.5) is 4.39 Å². The van der Waals surface area contributed by atoms with Crippen molar-refractivity contribution in [3.63, 3.8) is 0 Å². The fraction of sp³-hybridized carbons (Fsp3) is 0.500. The van der Waals surface area contributed by atoms with Crippen molar-refractivity contribution in [2.24, 2.45) is 5.92 Å². The summed E-state index contributed by atoms with van der Waals surface area (Å²) in [6, 6.07) is 18.9. The van der Waals surface area contributed by atoms with Gasteiger partial charge in [-0.1, -0.05) is 42.5 Å². The Morgan fingerprint density at radius 3 is 2.55 bits per heavy atom. The first kappa shape index (κ1) is 28.5. The SMILES string of the molecule is CCn1nc(Cc2ccccc2)cc1C1CCN(CC2CN(C(COC)C(=O)O)CC2c2cccc(F)c2)CC1. The third-order valence-electron chi connectivity index (χ3n) is 8.68. The second kappa shape index (κ2) is 13.1. The maximum atomic E-state index is 14.2. The minimum absolute atomic E-state index is 0.0780. The van der Waals surface area contributed by atoms with E-state index in [1.54, 1.807) is 12.1 Å². The molecule has 3 unspecified atom stereocenters. The fourth-order valence-electron chi connectivity index (χ4n) is 6.65. The molecule has 0 saturated carbocycles. The third-order valence-corrected chi connectivity index (χ3v) is 8.68. The van der Waals surface area contributed by atoms with Gasteiger partial charge in [-0.05, 0) is 68.1 Å². The van der Waals surface area contributed by atoms with Crippen LogP contribution in [-0.2, 0) is 22.5 Å². The van der Waals surface area contributed by atoms with Gasteiger partial charge < -0.3 is 14.7 Å². The first-order valence-electron chi connectivity index (χ1n) is 14.5. The zero-order valence-corrected chi connectivity index (χ0v) is 23.6. The molecule has 2 saturated heterocycles. The van der Waals surface area contributed by atoms with Gasteiger partial charge in [0.1, 0.15) is 11.9 Å². The predicted molar refractivity (Wildman–Crippen MR) is 153 cm³/mol. The Kier molecular flexibility index (Phi) is 9.29. The Morgan fingerprint density at radius 1 is 1.10 bits per heavy atom. The number of carbonyl (C=O) groups is 1. The summed E-state index contributed by atoms with van der Waals surface area (Å²) in [5.74, 6) is -0.350. The molecular weight excluding hydrogens is 507 g/mol. The van der Waals surface area contributed by atoms with Crippen LogP contribution in [0.1, 0.15) is 54.1 Å². The molecule has 2 aliphatic rings. The fourth-order valence-corrected chi connectivity index (χ4v) is 6.65. The van der Waals surface area contributed by atoms with Crippen molar-refractivity contribution in [1.29, 1.82) is 0 Å². The zero-order chi connectivity index (χ0) is 28.1. The van der Waals surface area contributed by atoms with Gasteiger partial charge >= 0.3 is 5.97 Å². The number of hydrogen-bond acceptors (Lipinski definition) is 5. The van der Waals surface area contributed by atoms with Crippen LogP contribution < -0.4 is 0 Å². The molecule has 40 heavy (non-hydrogen) atoms. The molecule has 1 aromatic heterocycles. The number of nitrogens with zero attached hydrogens (tertiary/aromatic N) is 4. The number of aliphatic carboxylic acids is 1. The second-order valence-electron chi connectivity index (χ2n) is 11.3. The highest BCUT2D eigenvalue weighted by Gasteiger charge is 2.40. The van der Waals surface area contributed by atoms with Crippen LogP contribution in [0.15, 0.2) is 60.7 Å². The number of ether oxygens (including phenoxy) is 1. The van der Waals surface area contributed by atoms with E-state index in [0.717, 1.165) is 56.7 Å². The summed E-state index contributed by atoms with van der Waals surface area (Å²) in [6.45, 7) is 7.25. The summed E-state index contributed by atoms with van der Waals surface area (Å²) >= 11 is 0. The van der Waals surface area contributed by atoms with Gasteiger partial charge in [-0.15, -0.1) is 0 Å². The highest BCUT2D eigenvalue weighted by molar-refractivity contribution is 5.73. The normalized spacial score (nSPS) is 21.6. The van der Waals surface area contributed by atoms with Crippen LogP contribution in [0.3, 0.4) is 0 Å². The number of halogens is 1. The summed E-state index contributed by atoms with van der Waals surface area (Å²) in [5.41, 5.74) is 4.68. The van der Waals surface area contributed by atoms with E-state index >= 15 is 0 Å². The molecule has 0 spiro atoms. The monoisotopic (exact) mass is 548 g/mol. The Bertz CT molecular complexity index is 1260. The maximum Gasteiger partial charge on any atom is 0.323 e. The van der Waals surface area contributed by atoms with Gasteiger partial charge in [0.2, 0.25) is 0 Å². The van der Waals surface area contributed by atoms with Gasteiger partial charge in [0, 0.05) is 57.2 Å². The number of carboxylic acid groups (broad SMARTS) is 1. The summed E-state index contributed by atoms with van der Waals surface area (Å²) in [7, 11) is 1.53. The molecule has 1 N–H and O–H groups in total. The van der Waals surface area contributed by atoms with Crippen molar-refractivity contribution in [1.82, 2.24) is 19.6 Å². The Labute approximate surface area is 236 Å². The van der Waals surface area contributed by atoms with Crippen LogP contribution in [0.25, 0.3) is 0 Å². The summed E-state index contributed by atoms with van der Waals surface area (Å²) in [6.07, 6.45) is 2.98. The second-order valence-corrected chi connectivity index (χ2v) is 11.3. The number of benzene rings is 2. The van der Waals surface area contributed by atoms with Crippen LogP contribution in [0.5, 0.6) is 0 Å². The van der Waals surface area contributed by atoms with E-state index < -0.39 is 12.0 Å². The lowest BCUT2D eigenvalue weighted by atomic mass is 9.87. The van der Waals surface area contributed by atoms with Gasteiger partial charge in [-0.2, -0.15) is 5.10 Å². The Morgan fingerprint density at radius 2 is 1.88 bits per heavy atom. The molecule has 0 aliphatic carbocycles. The quantitative estimate of drug-likeness (QED) is 0.377. The van der Waals surface area contributed by atoms with Gasteiger partial charge in [0.25, 0.3) is 0 Å². The zero-order valence-electron chi connectivity index (χ0n) is 23.6. The molecule has 2 aromatic carbocycles. The summed E-state index contributed by atoms with van der Waals surface area (Å²) in [4.78, 5) is 16.5. The van der Waals surface area contributed by atoms with Gasteiger partial charge in [0.15, 0.2) is 0 Å². The van der Waals surface area contributed by atoms with Gasteiger partial charge in [0.05, 0.1) is 12.3 Å². The van der Waals surface area contributed by atoms with Crippen LogP contribution in [0.2, 0.25) is 0 Å². The van der Waals surface area contributed by atoms with Crippen LogP contribution >= 0.6 is 0 Å². The molecule has 3 atom stereocenters. The lowest BCUT2D eigenvalue weighted by Crippen LogP contribution is -2.44. The van der Waals surface area contributed by atoms with Crippen molar-refractivity contribution in [3.05, 3.63) is 89.0 Å². The molecule has 2 aliphatic heterocycles. The van der Waals surface area contributed by atoms with Crippen molar-refractivity contribution >= 4 is 5.97 Å². The van der Waals surface area contributed by atoms with Crippen molar-refractivity contribution < 1.29 is 19.0 Å². The van der Waals surface area contributed by atoms with E-state index in [-0.39, 0.29) is 24.3 Å². The highest BCUT2D eigenvalue weighted by atomic mass is 19.1. The van der Waals surface area contributed by atoms with E-state index in [2.05, 4.69) is 46.8 Å². The van der Waals surface area contributed by atoms with Crippen molar-refractivity contribution in [2.75, 3.05) is 46.4 Å². The van der Waals surface area contributed by atoms with Crippen molar-refractivity contribution in [2.45, 2.75) is 50.6 Å². The lowest BCUT2D eigenvalue weighted by molar-refractivity contribution is -0.144. The molecule has 2 fully saturated rings. The first-order valence-corrected chi connectivity index (χ1v) is 14.5. The number of methoxy groups -OCH3 is 1. The Hall–Kier alpha value is -3.07. The molecule has 3 heterocycles. The lowest BCUT2D eigenvalue weighted by Gasteiger charge is -2.35. The van der Waals surface area contributed by atoms with E-state index in [0.29, 0.717) is 19.0 Å². The molecule has 0 bridgehead atoms. The topological polar surface area (TPSA) is 70.8 Å². The minimum Gasteiger partial charge on any atom is -0.480 e. The largest absolute Gasteiger partial charge is 0.480 e. The smallest absolute Gasteiger partial charge is 0.323 e. The highest BCUT2D eigenvalue weighted by Crippen LogP contribution is 2.36. The molecule has 214 valence electrons. The molecular formula is C32H41FN4O3. The molecule has 3 aromatic rings. The standard InChI is InChI=1S/C32H41FN4O3/c1-3-37-30(18-28(34-37)16-23-8-5-4-6-9-23)24-12-14-35(15-13-24)19-26-20-36(31(22-40-2)32(38)39)21-29(26)25-10-7-11-27(33)17-25/h4-11,17-18,24,26,29,31H,3,12-16,19-22H2,1-2H3,(H,38,39). The summed E-state index contributed by atoms with van der Waals surface area (Å²) < 4.78 is 21.6. The molecule has 0 amide bonds. The number of carboxylic acids is 1. The number of rotatable bonds is 11. The van der Waals surface area contributed by atoms with Crippen LogP contribution in [-0.4, -0.2) is 83.1 Å². The van der Waals surface area contributed by atoms with E-state index in [1.165, 1.54) is 24.4 Å². The first-order chi connectivity index (χ1) is 19.4. The molecule has 8 heteroatoms. The Balaban J connectivity index is 1.25. The van der Waals surface area contributed by atoms with E-state index in [4.69, 9.17) is 9.84 Å². The molecule has 0 radical (unpaired) electrons. The van der Waals surface area contributed by atoms with Gasteiger partial charge in [-0.25, -0.2) is 4.39 Å². The number of aromatic nitrogens is 2. The minimum atomic E-state index is -0.875. The van der Waals surface area contributed by atoms with Gasteiger partial charge in [-0.3, -0.25) is 14.4 Å². The van der Waals surface area contributed by atoms with E-state index in [9.17, 15) is 14.3 Å². The van der Waals surface area contributed by atoms with Crippen molar-refractivity contribution in [3.8, 4) is 0 Å². The van der Waals surface area contributed by atoms with E-state index in [1.807, 2.05) is 17.0 Å². The average molecular weight is 549 g/mol. The number of hydrogen-bond donors (Lipinski definition) is 1. The van der Waals surface area contributed by atoms with Crippen LogP contribution in [0, 0.1) is 11.7 Å². The molecule has 7 nitrogen and oxygen atoms in total. The average Bonchev–Trinajstić information content (AvgIpc) is 3.56. The maximum absolute atomic E-state index is 14.2. The summed E-state index contributed by atoms with van der Waals surface area (Å²) in [5, 5.41) is 14.8. The number of piperidine rings is 1. The number of aryl methyl sites for hydroxylation is 1. The molecule has 5 rings (SSSR count). The third kappa shape index (κ3) is 6.62. The number of likely N-dealkylation sites (tertiary alicyclic amines) is 2.